The highest BCUT2D eigenvalue weighted by Gasteiger charge is 2.36. The van der Waals surface area contributed by atoms with Crippen LogP contribution in [0.25, 0.3) is 11.3 Å². The molecule has 8 nitrogen and oxygen atoms in total. The van der Waals surface area contributed by atoms with Crippen molar-refractivity contribution in [2.45, 2.75) is 30.6 Å². The van der Waals surface area contributed by atoms with Gasteiger partial charge in [0.1, 0.15) is 0 Å². The van der Waals surface area contributed by atoms with Gasteiger partial charge in [-0.1, -0.05) is 5.16 Å². The first-order valence-electron chi connectivity index (χ1n) is 10.9. The minimum atomic E-state index is -3.63. The molecule has 9 heteroatoms. The van der Waals surface area contributed by atoms with Crippen LogP contribution in [0.3, 0.4) is 0 Å². The van der Waals surface area contributed by atoms with Crippen molar-refractivity contribution in [1.29, 1.82) is 0 Å². The molecule has 170 valence electrons. The van der Waals surface area contributed by atoms with E-state index in [1.165, 1.54) is 6.07 Å². The molecule has 0 atom stereocenters. The zero-order valence-corrected chi connectivity index (χ0v) is 18.7. The zero-order chi connectivity index (χ0) is 23.0. The molecule has 2 aromatic carbocycles. The zero-order valence-electron chi connectivity index (χ0n) is 17.9. The van der Waals surface area contributed by atoms with Gasteiger partial charge in [-0.05, 0) is 67.3 Å². The Bertz CT molecular complexity index is 1300. The number of amides is 2. The third-order valence-corrected chi connectivity index (χ3v) is 7.70. The van der Waals surface area contributed by atoms with Crippen molar-refractivity contribution in [1.82, 2.24) is 5.16 Å². The van der Waals surface area contributed by atoms with Crippen molar-refractivity contribution < 1.29 is 22.5 Å². The average molecular weight is 466 g/mol. The number of nitrogens with one attached hydrogen (secondary N) is 1. The number of rotatable bonds is 7. The van der Waals surface area contributed by atoms with Crippen LogP contribution in [0.15, 0.2) is 64.1 Å². The molecule has 1 aliphatic heterocycles. The summed E-state index contributed by atoms with van der Waals surface area (Å²) in [4.78, 5) is 26.7. The smallest absolute Gasteiger partial charge is 0.230 e. The maximum atomic E-state index is 12.8. The third-order valence-electron chi connectivity index (χ3n) is 5.99. The van der Waals surface area contributed by atoms with Crippen LogP contribution in [0.5, 0.6) is 0 Å². The van der Waals surface area contributed by atoms with Crippen LogP contribution in [0.4, 0.5) is 11.4 Å². The molecule has 0 saturated heterocycles. The van der Waals surface area contributed by atoms with Crippen molar-refractivity contribution in [3.8, 4) is 11.3 Å². The summed E-state index contributed by atoms with van der Waals surface area (Å²) in [5.41, 5.74) is 3.06. The predicted molar refractivity (Wildman–Crippen MR) is 122 cm³/mol. The summed E-state index contributed by atoms with van der Waals surface area (Å²) < 4.78 is 30.7. The van der Waals surface area contributed by atoms with Crippen LogP contribution in [-0.2, 0) is 25.8 Å². The molecule has 33 heavy (non-hydrogen) atoms. The van der Waals surface area contributed by atoms with Gasteiger partial charge in [0.15, 0.2) is 15.6 Å². The molecular formula is C24H23N3O5S. The number of carbonyl (C=O) groups excluding carboxylic acids is 2. The Balaban J connectivity index is 1.20. The number of carbonyl (C=O) groups is 2. The van der Waals surface area contributed by atoms with E-state index in [0.29, 0.717) is 24.4 Å². The molecule has 1 N–H and O–H groups in total. The molecule has 2 aliphatic rings. The monoisotopic (exact) mass is 465 g/mol. The highest BCUT2D eigenvalue weighted by atomic mass is 32.2. The van der Waals surface area contributed by atoms with Gasteiger partial charge in [-0.3, -0.25) is 9.59 Å². The van der Waals surface area contributed by atoms with Gasteiger partial charge < -0.3 is 14.7 Å². The van der Waals surface area contributed by atoms with Gasteiger partial charge in [-0.25, -0.2) is 8.42 Å². The molecule has 5 rings (SSSR count). The van der Waals surface area contributed by atoms with Crippen LogP contribution < -0.4 is 10.2 Å². The molecule has 0 unspecified atom stereocenters. The highest BCUT2D eigenvalue weighted by Crippen LogP contribution is 2.37. The lowest BCUT2D eigenvalue weighted by Crippen LogP contribution is -2.30. The predicted octanol–water partition coefficient (Wildman–Crippen LogP) is 3.44. The molecule has 0 bridgehead atoms. The molecule has 2 amide bonds. The lowest BCUT2D eigenvalue weighted by molar-refractivity contribution is -0.119. The third kappa shape index (κ3) is 4.54. The molecule has 1 aliphatic carbocycles. The maximum Gasteiger partial charge on any atom is 0.230 e. The van der Waals surface area contributed by atoms with Gasteiger partial charge in [0.2, 0.25) is 11.8 Å². The van der Waals surface area contributed by atoms with Crippen molar-refractivity contribution in [3.05, 3.63) is 60.3 Å². The largest absolute Gasteiger partial charge is 0.356 e. The fourth-order valence-electron chi connectivity index (χ4n) is 4.00. The number of fused-ring (bicyclic) bond motifs is 1. The number of hydrogen-bond donors (Lipinski definition) is 1. The number of benzene rings is 2. The lowest BCUT2D eigenvalue weighted by atomic mass is 10.1. The van der Waals surface area contributed by atoms with E-state index < -0.39 is 9.84 Å². The van der Waals surface area contributed by atoms with Gasteiger partial charge in [0, 0.05) is 41.9 Å². The summed E-state index contributed by atoms with van der Waals surface area (Å²) in [6.07, 6.45) is 3.91. The summed E-state index contributed by atoms with van der Waals surface area (Å²) in [6, 6.07) is 13.6. The summed E-state index contributed by atoms with van der Waals surface area (Å²) in [7, 11) is -3.63. The van der Waals surface area contributed by atoms with Crippen LogP contribution in [0.2, 0.25) is 0 Å². The SMILES string of the molecule is O=C(CCS(=O)(=O)c1ccc2c(c1)CCN2C(=O)C1CC1)Nc1ccc(-c2ccno2)cc1. The van der Waals surface area contributed by atoms with Crippen LogP contribution in [0, 0.1) is 5.92 Å². The molecule has 1 aromatic heterocycles. The Kier molecular flexibility index (Phi) is 5.49. The second-order valence-electron chi connectivity index (χ2n) is 8.38. The van der Waals surface area contributed by atoms with E-state index in [1.54, 1.807) is 53.6 Å². The van der Waals surface area contributed by atoms with E-state index in [2.05, 4.69) is 10.5 Å². The van der Waals surface area contributed by atoms with Crippen molar-refractivity contribution in [2.24, 2.45) is 5.92 Å². The lowest BCUT2D eigenvalue weighted by Gasteiger charge is -2.17. The Morgan fingerprint density at radius 3 is 2.58 bits per heavy atom. The highest BCUT2D eigenvalue weighted by molar-refractivity contribution is 7.91. The Morgan fingerprint density at radius 1 is 1.09 bits per heavy atom. The first kappa shape index (κ1) is 21.4. The fraction of sp³-hybridized carbons (Fsp3) is 0.292. The van der Waals surface area contributed by atoms with Crippen molar-refractivity contribution in [2.75, 3.05) is 22.5 Å². The topological polar surface area (TPSA) is 110 Å². The number of sulfone groups is 1. The van der Waals surface area contributed by atoms with E-state index in [-0.39, 0.29) is 34.8 Å². The quantitative estimate of drug-likeness (QED) is 0.572. The molecule has 1 fully saturated rings. The number of aromatic nitrogens is 1. The fourth-order valence-corrected chi connectivity index (χ4v) is 5.29. The summed E-state index contributed by atoms with van der Waals surface area (Å²) >= 11 is 0. The Hall–Kier alpha value is -3.46. The first-order chi connectivity index (χ1) is 15.9. The molecule has 1 saturated carbocycles. The molecule has 0 spiro atoms. The summed E-state index contributed by atoms with van der Waals surface area (Å²) in [5.74, 6) is 0.200. The molecule has 0 radical (unpaired) electrons. The van der Waals surface area contributed by atoms with Crippen molar-refractivity contribution >= 4 is 33.0 Å². The minimum Gasteiger partial charge on any atom is -0.356 e. The van der Waals surface area contributed by atoms with E-state index in [0.717, 1.165) is 29.7 Å². The van der Waals surface area contributed by atoms with Gasteiger partial charge in [-0.2, -0.15) is 0 Å². The Morgan fingerprint density at radius 2 is 1.88 bits per heavy atom. The standard InChI is InChI=1S/C24H23N3O5S/c28-23(26-19-5-3-16(4-6-19)22-9-12-25-32-22)11-14-33(30,31)20-7-8-21-18(15-20)10-13-27(21)24(29)17-1-2-17/h3-9,12,15,17H,1-2,10-11,13-14H2,(H,26,28). The van der Waals surface area contributed by atoms with Crippen molar-refractivity contribution in [3.63, 3.8) is 0 Å². The molecule has 2 heterocycles. The first-order valence-corrected chi connectivity index (χ1v) is 12.5. The van der Waals surface area contributed by atoms with Gasteiger partial charge in [-0.15, -0.1) is 0 Å². The number of anilines is 2. The van der Waals surface area contributed by atoms with E-state index in [4.69, 9.17) is 4.52 Å². The molecular weight excluding hydrogens is 442 g/mol. The van der Waals surface area contributed by atoms with E-state index >= 15 is 0 Å². The number of hydrogen-bond acceptors (Lipinski definition) is 6. The second kappa shape index (κ2) is 8.47. The normalized spacial score (nSPS) is 15.3. The van der Waals surface area contributed by atoms with E-state index in [1.807, 2.05) is 0 Å². The van der Waals surface area contributed by atoms with E-state index in [9.17, 15) is 18.0 Å². The van der Waals surface area contributed by atoms with Crippen LogP contribution >= 0.6 is 0 Å². The minimum absolute atomic E-state index is 0.122. The number of nitrogens with zero attached hydrogens (tertiary/aromatic N) is 2. The molecule has 3 aromatic rings. The summed E-state index contributed by atoms with van der Waals surface area (Å²) in [5, 5.41) is 6.38. The summed E-state index contributed by atoms with van der Waals surface area (Å²) in [6.45, 7) is 0.589. The van der Waals surface area contributed by atoms with Gasteiger partial charge in [0.05, 0.1) is 16.8 Å². The van der Waals surface area contributed by atoms with Crippen LogP contribution in [-0.4, -0.2) is 37.7 Å². The van der Waals surface area contributed by atoms with Gasteiger partial charge >= 0.3 is 0 Å². The van der Waals surface area contributed by atoms with Gasteiger partial charge in [0.25, 0.3) is 0 Å². The maximum absolute atomic E-state index is 12.8. The second-order valence-corrected chi connectivity index (χ2v) is 10.5. The van der Waals surface area contributed by atoms with Crippen LogP contribution in [0.1, 0.15) is 24.8 Å². The Labute approximate surface area is 191 Å². The average Bonchev–Trinajstić information content (AvgIpc) is 3.35.